The zero-order chi connectivity index (χ0) is 25.2. The molecule has 0 radical (unpaired) electrons. The van der Waals surface area contributed by atoms with Crippen LogP contribution in [0.2, 0.25) is 0 Å². The van der Waals surface area contributed by atoms with Crippen molar-refractivity contribution in [3.05, 3.63) is 106 Å². The van der Waals surface area contributed by atoms with E-state index in [0.29, 0.717) is 12.3 Å². The van der Waals surface area contributed by atoms with Crippen LogP contribution >= 0.6 is 45.2 Å². The summed E-state index contributed by atoms with van der Waals surface area (Å²) in [6.07, 6.45) is 3.20. The third-order valence-electron chi connectivity index (χ3n) is 5.00. The molecule has 0 aliphatic heterocycles. The van der Waals surface area contributed by atoms with E-state index in [9.17, 15) is 20.2 Å². The van der Waals surface area contributed by atoms with Gasteiger partial charge in [-0.3, -0.25) is 14.9 Å². The first kappa shape index (κ1) is 26.6. The molecular weight excluding hydrogens is 672 g/mol. The Hall–Kier alpha value is -2.98. The molecule has 0 aliphatic rings. The number of hydrogen-bond acceptors (Lipinski definition) is 5. The average Bonchev–Trinajstić information content (AvgIpc) is 2.85. The predicted octanol–water partition coefficient (Wildman–Crippen LogP) is 6.04. The Labute approximate surface area is 230 Å². The highest BCUT2D eigenvalue weighted by atomic mass is 127. The molecule has 9 heteroatoms. The molecule has 3 aromatic rings. The van der Waals surface area contributed by atoms with Gasteiger partial charge in [0.1, 0.15) is 24.0 Å². The fourth-order valence-electron chi connectivity index (χ4n) is 3.22. The highest BCUT2D eigenvalue weighted by Gasteiger charge is 2.13. The number of carbonyl (C=O) groups is 1. The summed E-state index contributed by atoms with van der Waals surface area (Å²) in [6.45, 7) is 0.741. The number of non-ortho nitro benzene ring substituents is 1. The summed E-state index contributed by atoms with van der Waals surface area (Å²) in [5.41, 5.74) is 2.80. The average molecular weight is 693 g/mol. The van der Waals surface area contributed by atoms with Crippen molar-refractivity contribution in [1.29, 1.82) is 5.26 Å². The number of halogens is 2. The number of ether oxygens (including phenoxy) is 1. The van der Waals surface area contributed by atoms with E-state index in [1.54, 1.807) is 18.2 Å². The second-order valence-corrected chi connectivity index (χ2v) is 9.87. The number of amides is 1. The van der Waals surface area contributed by atoms with E-state index in [0.717, 1.165) is 31.1 Å². The van der Waals surface area contributed by atoms with Crippen LogP contribution in [0.1, 0.15) is 23.1 Å². The summed E-state index contributed by atoms with van der Waals surface area (Å²) in [5.74, 6) is 0.273. The number of hydrogen-bond donors (Lipinski definition) is 1. The molecule has 0 unspecified atom stereocenters. The van der Waals surface area contributed by atoms with Gasteiger partial charge in [-0.25, -0.2) is 0 Å². The third kappa shape index (κ3) is 8.03. The highest BCUT2D eigenvalue weighted by molar-refractivity contribution is 14.1. The van der Waals surface area contributed by atoms with Crippen LogP contribution in [0.5, 0.6) is 5.75 Å². The number of nitriles is 1. The van der Waals surface area contributed by atoms with E-state index in [2.05, 4.69) is 50.5 Å². The van der Waals surface area contributed by atoms with Crippen molar-refractivity contribution in [2.24, 2.45) is 0 Å². The SMILES string of the molecule is N#C/C(=C/c1cc(I)c(OCc2ccc([N+](=O)[O-])cc2)c(I)c1)C(=O)NCCCc1ccccc1. The van der Waals surface area contributed by atoms with Crippen molar-refractivity contribution in [1.82, 2.24) is 5.32 Å². The van der Waals surface area contributed by atoms with Gasteiger partial charge in [0, 0.05) is 18.7 Å². The molecule has 1 N–H and O–H groups in total. The lowest BCUT2D eigenvalue weighted by atomic mass is 10.1. The van der Waals surface area contributed by atoms with Gasteiger partial charge in [0.25, 0.3) is 11.6 Å². The maximum Gasteiger partial charge on any atom is 0.269 e. The van der Waals surface area contributed by atoms with Crippen LogP contribution in [0.3, 0.4) is 0 Å². The molecule has 0 atom stereocenters. The molecule has 0 spiro atoms. The molecule has 0 aliphatic carbocycles. The van der Waals surface area contributed by atoms with Gasteiger partial charge >= 0.3 is 0 Å². The summed E-state index contributed by atoms with van der Waals surface area (Å²) in [6, 6.07) is 21.9. The van der Waals surface area contributed by atoms with E-state index in [-0.39, 0.29) is 17.9 Å². The standard InChI is InChI=1S/C26H21I2N3O4/c27-23-14-20(13-21(16-29)26(32)30-12-4-7-18-5-2-1-3-6-18)15-24(28)25(23)35-17-19-8-10-22(11-9-19)31(33)34/h1-3,5-6,8-11,13-15H,4,7,12,17H2,(H,30,32)/b21-13-. The third-order valence-corrected chi connectivity index (χ3v) is 6.60. The normalized spacial score (nSPS) is 10.9. The number of benzene rings is 3. The van der Waals surface area contributed by atoms with Crippen molar-refractivity contribution < 1.29 is 14.5 Å². The van der Waals surface area contributed by atoms with Crippen LogP contribution < -0.4 is 10.1 Å². The Morgan fingerprint density at radius 2 is 1.71 bits per heavy atom. The lowest BCUT2D eigenvalue weighted by molar-refractivity contribution is -0.384. The van der Waals surface area contributed by atoms with E-state index in [4.69, 9.17) is 4.74 Å². The number of nitro benzene ring substituents is 1. The smallest absolute Gasteiger partial charge is 0.269 e. The number of aryl methyl sites for hydroxylation is 1. The Morgan fingerprint density at radius 1 is 1.06 bits per heavy atom. The molecule has 178 valence electrons. The minimum absolute atomic E-state index is 0.0302. The second-order valence-electron chi connectivity index (χ2n) is 7.54. The quantitative estimate of drug-likeness (QED) is 0.0697. The van der Waals surface area contributed by atoms with Gasteiger partial charge in [0.2, 0.25) is 0 Å². The fourth-order valence-corrected chi connectivity index (χ4v) is 5.35. The molecule has 0 saturated carbocycles. The summed E-state index contributed by atoms with van der Waals surface area (Å²) in [4.78, 5) is 22.8. The molecule has 1 amide bonds. The maximum absolute atomic E-state index is 12.5. The van der Waals surface area contributed by atoms with Crippen molar-refractivity contribution in [2.75, 3.05) is 6.54 Å². The van der Waals surface area contributed by atoms with Gasteiger partial charge in [-0.2, -0.15) is 5.26 Å². The number of nitro groups is 1. The molecule has 0 fully saturated rings. The second kappa shape index (κ2) is 13.2. The van der Waals surface area contributed by atoms with Crippen LogP contribution in [0.25, 0.3) is 6.08 Å². The minimum atomic E-state index is -0.441. The van der Waals surface area contributed by atoms with Gasteiger partial charge in [-0.15, -0.1) is 0 Å². The summed E-state index contributed by atoms with van der Waals surface area (Å²) in [7, 11) is 0. The van der Waals surface area contributed by atoms with E-state index in [1.165, 1.54) is 17.7 Å². The van der Waals surface area contributed by atoms with Gasteiger partial charge in [0.05, 0.1) is 12.1 Å². The van der Waals surface area contributed by atoms with Crippen LogP contribution in [0, 0.1) is 28.6 Å². The molecule has 3 rings (SSSR count). The van der Waals surface area contributed by atoms with Crippen molar-refractivity contribution >= 4 is 62.9 Å². The number of nitrogens with zero attached hydrogens (tertiary/aromatic N) is 2. The van der Waals surface area contributed by atoms with E-state index >= 15 is 0 Å². The van der Waals surface area contributed by atoms with Gasteiger partial charge in [-0.05, 0) is 105 Å². The molecule has 35 heavy (non-hydrogen) atoms. The lowest BCUT2D eigenvalue weighted by Gasteiger charge is -2.12. The fraction of sp³-hybridized carbons (Fsp3) is 0.154. The van der Waals surface area contributed by atoms with Crippen LogP contribution in [0.4, 0.5) is 5.69 Å². The van der Waals surface area contributed by atoms with Crippen LogP contribution in [-0.2, 0) is 17.8 Å². The molecule has 0 aromatic heterocycles. The molecule has 0 heterocycles. The number of nitrogens with one attached hydrogen (secondary N) is 1. The zero-order valence-corrected chi connectivity index (χ0v) is 22.9. The predicted molar refractivity (Wildman–Crippen MR) is 151 cm³/mol. The summed E-state index contributed by atoms with van der Waals surface area (Å²) < 4.78 is 7.58. The molecule has 0 saturated heterocycles. The minimum Gasteiger partial charge on any atom is -0.487 e. The molecule has 3 aromatic carbocycles. The summed E-state index contributed by atoms with van der Waals surface area (Å²) in [5, 5.41) is 23.1. The topological polar surface area (TPSA) is 105 Å². The Balaban J connectivity index is 1.60. The molecular formula is C26H21I2N3O4. The maximum atomic E-state index is 12.5. The van der Waals surface area contributed by atoms with Crippen LogP contribution in [0.15, 0.2) is 72.3 Å². The van der Waals surface area contributed by atoms with E-state index < -0.39 is 10.8 Å². The van der Waals surface area contributed by atoms with Crippen LogP contribution in [-0.4, -0.2) is 17.4 Å². The largest absolute Gasteiger partial charge is 0.487 e. The van der Waals surface area contributed by atoms with Crippen molar-refractivity contribution in [2.45, 2.75) is 19.4 Å². The number of rotatable bonds is 10. The first-order valence-corrected chi connectivity index (χ1v) is 12.8. The molecule has 0 bridgehead atoms. The van der Waals surface area contributed by atoms with Gasteiger partial charge < -0.3 is 10.1 Å². The first-order chi connectivity index (χ1) is 16.9. The van der Waals surface area contributed by atoms with Gasteiger partial charge in [-0.1, -0.05) is 30.3 Å². The first-order valence-electron chi connectivity index (χ1n) is 10.7. The van der Waals surface area contributed by atoms with Crippen molar-refractivity contribution in [3.63, 3.8) is 0 Å². The Kier molecular flexibility index (Phi) is 10.0. The Morgan fingerprint density at radius 3 is 2.31 bits per heavy atom. The lowest BCUT2D eigenvalue weighted by Crippen LogP contribution is -2.25. The monoisotopic (exact) mass is 693 g/mol. The van der Waals surface area contributed by atoms with E-state index in [1.807, 2.05) is 48.5 Å². The Bertz CT molecular complexity index is 1250. The van der Waals surface area contributed by atoms with Crippen molar-refractivity contribution in [3.8, 4) is 11.8 Å². The summed E-state index contributed by atoms with van der Waals surface area (Å²) >= 11 is 4.29. The van der Waals surface area contributed by atoms with Gasteiger partial charge in [0.15, 0.2) is 0 Å². The number of carbonyl (C=O) groups excluding carboxylic acids is 1. The molecule has 7 nitrogen and oxygen atoms in total. The highest BCUT2D eigenvalue weighted by Crippen LogP contribution is 2.30. The zero-order valence-electron chi connectivity index (χ0n) is 18.5.